The maximum atomic E-state index is 4.56. The van der Waals surface area contributed by atoms with E-state index in [4.69, 9.17) is 0 Å². The lowest BCUT2D eigenvalue weighted by Crippen LogP contribution is -2.11. The summed E-state index contributed by atoms with van der Waals surface area (Å²) in [5.74, 6) is 0. The second kappa shape index (κ2) is 9.41. The van der Waals surface area contributed by atoms with E-state index < -0.39 is 0 Å². The van der Waals surface area contributed by atoms with E-state index in [2.05, 4.69) is 64.3 Å². The number of rotatable bonds is 6. The van der Waals surface area contributed by atoms with Crippen molar-refractivity contribution in [3.05, 3.63) is 77.0 Å². The third kappa shape index (κ3) is 5.47. The Morgan fingerprint density at radius 1 is 0.862 bits per heavy atom. The molecule has 0 fully saturated rings. The molecule has 0 bridgehead atoms. The van der Waals surface area contributed by atoms with Crippen LogP contribution in [-0.4, -0.2) is 20.1 Å². The van der Waals surface area contributed by atoms with Crippen LogP contribution in [0.5, 0.6) is 0 Å². The molecule has 3 rings (SSSR count). The van der Waals surface area contributed by atoms with E-state index in [1.165, 1.54) is 11.1 Å². The second-order valence-electron chi connectivity index (χ2n) is 7.62. The van der Waals surface area contributed by atoms with Gasteiger partial charge in [0.05, 0.1) is 23.1 Å². The van der Waals surface area contributed by atoms with Crippen LogP contribution in [-0.2, 0) is 6.42 Å². The standard InChI is InChI=1S/C24H29N5/c1-6-19-7-9-20(10-8-19)25-27-23-15-18(3)24(16-17(23)2)28-26-21-11-13-22(14-12-21)29(4)5/h7-14,16,23H,6,15H2,1-5H3. The van der Waals surface area contributed by atoms with Gasteiger partial charge in [0.1, 0.15) is 0 Å². The minimum atomic E-state index is 0.0548. The molecule has 1 aliphatic carbocycles. The van der Waals surface area contributed by atoms with Crippen LogP contribution in [0.3, 0.4) is 0 Å². The summed E-state index contributed by atoms with van der Waals surface area (Å²) in [6.07, 6.45) is 3.91. The highest BCUT2D eigenvalue weighted by Crippen LogP contribution is 2.29. The van der Waals surface area contributed by atoms with Crippen LogP contribution < -0.4 is 4.90 Å². The molecule has 1 atom stereocenters. The number of benzene rings is 2. The highest BCUT2D eigenvalue weighted by molar-refractivity contribution is 5.51. The quantitative estimate of drug-likeness (QED) is 0.484. The topological polar surface area (TPSA) is 52.7 Å². The Hall–Kier alpha value is -3.08. The van der Waals surface area contributed by atoms with E-state index in [-0.39, 0.29) is 6.04 Å². The summed E-state index contributed by atoms with van der Waals surface area (Å²) in [6, 6.07) is 16.4. The smallest absolute Gasteiger partial charge is 0.0961 e. The number of nitrogens with zero attached hydrogens (tertiary/aromatic N) is 5. The predicted octanol–water partition coefficient (Wildman–Crippen LogP) is 7.18. The number of anilines is 1. The van der Waals surface area contributed by atoms with Gasteiger partial charge in [0.15, 0.2) is 0 Å². The zero-order valence-electron chi connectivity index (χ0n) is 17.9. The normalized spacial score (nSPS) is 17.3. The molecule has 0 saturated carbocycles. The van der Waals surface area contributed by atoms with E-state index in [0.29, 0.717) is 0 Å². The first kappa shape index (κ1) is 20.6. The Kier molecular flexibility index (Phi) is 6.70. The van der Waals surface area contributed by atoms with Crippen molar-refractivity contribution in [2.45, 2.75) is 39.7 Å². The van der Waals surface area contributed by atoms with Gasteiger partial charge in [-0.05, 0) is 85.9 Å². The molecule has 0 amide bonds. The van der Waals surface area contributed by atoms with Crippen LogP contribution in [0.1, 0.15) is 32.8 Å². The molecule has 5 heteroatoms. The Balaban J connectivity index is 1.67. The lowest BCUT2D eigenvalue weighted by atomic mass is 9.94. The first-order chi connectivity index (χ1) is 14.0. The Morgan fingerprint density at radius 3 is 2.10 bits per heavy atom. The molecule has 5 nitrogen and oxygen atoms in total. The summed E-state index contributed by atoms with van der Waals surface area (Å²) < 4.78 is 0. The molecule has 0 radical (unpaired) electrons. The Labute approximate surface area is 173 Å². The minimum Gasteiger partial charge on any atom is -0.378 e. The molecule has 1 unspecified atom stereocenters. The SMILES string of the molecule is CCc1ccc(N=NC2CC(C)=C(N=Nc3ccc(N(C)C)cc3)C=C2C)cc1. The Morgan fingerprint density at radius 2 is 1.48 bits per heavy atom. The van der Waals surface area contributed by atoms with Crippen molar-refractivity contribution in [1.82, 2.24) is 0 Å². The first-order valence-electron chi connectivity index (χ1n) is 10.0. The first-order valence-corrected chi connectivity index (χ1v) is 10.0. The van der Waals surface area contributed by atoms with Gasteiger partial charge in [0.25, 0.3) is 0 Å². The van der Waals surface area contributed by atoms with E-state index in [1.807, 2.05) is 50.5 Å². The van der Waals surface area contributed by atoms with Crippen molar-refractivity contribution in [2.75, 3.05) is 19.0 Å². The van der Waals surface area contributed by atoms with Gasteiger partial charge in [-0.2, -0.15) is 20.5 Å². The second-order valence-corrected chi connectivity index (χ2v) is 7.62. The molecule has 0 aliphatic heterocycles. The monoisotopic (exact) mass is 387 g/mol. The van der Waals surface area contributed by atoms with Gasteiger partial charge in [-0.3, -0.25) is 0 Å². The minimum absolute atomic E-state index is 0.0548. The van der Waals surface area contributed by atoms with E-state index in [9.17, 15) is 0 Å². The number of allylic oxidation sites excluding steroid dienone is 1. The zero-order chi connectivity index (χ0) is 20.8. The summed E-state index contributed by atoms with van der Waals surface area (Å²) in [4.78, 5) is 2.06. The van der Waals surface area contributed by atoms with E-state index in [1.54, 1.807) is 0 Å². The summed E-state index contributed by atoms with van der Waals surface area (Å²) >= 11 is 0. The van der Waals surface area contributed by atoms with Crippen molar-refractivity contribution >= 4 is 17.1 Å². The van der Waals surface area contributed by atoms with Crippen molar-refractivity contribution < 1.29 is 0 Å². The molecule has 0 saturated heterocycles. The van der Waals surface area contributed by atoms with Crippen LogP contribution in [0.4, 0.5) is 17.1 Å². The van der Waals surface area contributed by atoms with Gasteiger partial charge in [-0.1, -0.05) is 19.1 Å². The van der Waals surface area contributed by atoms with Crippen molar-refractivity contribution in [2.24, 2.45) is 20.5 Å². The number of aryl methyl sites for hydroxylation is 1. The predicted molar refractivity (Wildman–Crippen MR) is 120 cm³/mol. The van der Waals surface area contributed by atoms with Crippen LogP contribution in [0.2, 0.25) is 0 Å². The summed E-state index contributed by atoms with van der Waals surface area (Å²) in [5.41, 5.74) is 7.43. The van der Waals surface area contributed by atoms with E-state index in [0.717, 1.165) is 41.2 Å². The van der Waals surface area contributed by atoms with Gasteiger partial charge in [0.2, 0.25) is 0 Å². The molecule has 0 N–H and O–H groups in total. The fourth-order valence-electron chi connectivity index (χ4n) is 3.10. The Bertz CT molecular complexity index is 948. The fraction of sp³-hybridized carbons (Fsp3) is 0.333. The van der Waals surface area contributed by atoms with Crippen molar-refractivity contribution in [3.8, 4) is 0 Å². The number of hydrogen-bond acceptors (Lipinski definition) is 5. The number of azo groups is 2. The number of hydrogen-bond donors (Lipinski definition) is 0. The molecule has 0 heterocycles. The van der Waals surface area contributed by atoms with Gasteiger partial charge in [-0.15, -0.1) is 0 Å². The maximum absolute atomic E-state index is 4.56. The van der Waals surface area contributed by atoms with Crippen LogP contribution in [0.15, 0.2) is 91.9 Å². The fourth-order valence-corrected chi connectivity index (χ4v) is 3.10. The van der Waals surface area contributed by atoms with Gasteiger partial charge in [-0.25, -0.2) is 0 Å². The lowest BCUT2D eigenvalue weighted by Gasteiger charge is -2.18. The molecular weight excluding hydrogens is 358 g/mol. The summed E-state index contributed by atoms with van der Waals surface area (Å²) in [7, 11) is 4.04. The van der Waals surface area contributed by atoms with Crippen LogP contribution in [0, 0.1) is 0 Å². The average Bonchev–Trinajstić information content (AvgIpc) is 2.73. The average molecular weight is 388 g/mol. The van der Waals surface area contributed by atoms with Gasteiger partial charge in [0, 0.05) is 19.8 Å². The van der Waals surface area contributed by atoms with Crippen LogP contribution in [0.25, 0.3) is 0 Å². The van der Waals surface area contributed by atoms with E-state index >= 15 is 0 Å². The van der Waals surface area contributed by atoms with Crippen LogP contribution >= 0.6 is 0 Å². The molecule has 2 aromatic carbocycles. The molecule has 29 heavy (non-hydrogen) atoms. The third-order valence-electron chi connectivity index (χ3n) is 5.12. The zero-order valence-corrected chi connectivity index (χ0v) is 17.9. The van der Waals surface area contributed by atoms with Gasteiger partial charge < -0.3 is 4.90 Å². The summed E-state index contributed by atoms with van der Waals surface area (Å²) in [6.45, 7) is 6.32. The maximum Gasteiger partial charge on any atom is 0.0961 e. The molecule has 150 valence electrons. The molecule has 2 aromatic rings. The largest absolute Gasteiger partial charge is 0.378 e. The van der Waals surface area contributed by atoms with Gasteiger partial charge >= 0.3 is 0 Å². The highest BCUT2D eigenvalue weighted by Gasteiger charge is 2.18. The van der Waals surface area contributed by atoms with Crippen molar-refractivity contribution in [3.63, 3.8) is 0 Å². The highest BCUT2D eigenvalue weighted by atomic mass is 15.1. The molecular formula is C24H29N5. The molecule has 1 aliphatic rings. The molecule has 0 spiro atoms. The third-order valence-corrected chi connectivity index (χ3v) is 5.12. The lowest BCUT2D eigenvalue weighted by molar-refractivity contribution is 0.699. The molecule has 0 aromatic heterocycles. The summed E-state index contributed by atoms with van der Waals surface area (Å²) in [5, 5.41) is 17.9. The van der Waals surface area contributed by atoms with Crippen molar-refractivity contribution in [1.29, 1.82) is 0 Å².